The van der Waals surface area contributed by atoms with Gasteiger partial charge in [0.25, 0.3) is 0 Å². The van der Waals surface area contributed by atoms with Crippen LogP contribution in [0.5, 0.6) is 0 Å². The Bertz CT molecular complexity index is 269. The Balaban J connectivity index is 4.56. The minimum Gasteiger partial charge on any atom is -0.351 e. The number of Topliss-reactive ketones (excluding diaryl/α,β-unsaturated/α-hetero) is 1. The molecule has 0 aromatic carbocycles. The van der Waals surface area contributed by atoms with E-state index >= 15 is 0 Å². The molecule has 0 bridgehead atoms. The van der Waals surface area contributed by atoms with Crippen LogP contribution in [0.2, 0.25) is 0 Å². The Morgan fingerprint density at radius 1 is 1.06 bits per heavy atom. The zero-order valence-corrected chi connectivity index (χ0v) is 11.6. The molecule has 0 aliphatic rings. The SMILES string of the molecule is CC(=O)C(CC(=O)NC(C)(C)C)C(C)(C)C. The van der Waals surface area contributed by atoms with E-state index in [2.05, 4.69) is 5.32 Å². The topological polar surface area (TPSA) is 46.2 Å². The maximum Gasteiger partial charge on any atom is 0.221 e. The molecule has 0 spiro atoms. The van der Waals surface area contributed by atoms with E-state index in [9.17, 15) is 9.59 Å². The highest BCUT2D eigenvalue weighted by Gasteiger charge is 2.31. The largest absolute Gasteiger partial charge is 0.351 e. The lowest BCUT2D eigenvalue weighted by Gasteiger charge is -2.29. The van der Waals surface area contributed by atoms with Gasteiger partial charge in [0.15, 0.2) is 0 Å². The second-order valence-electron chi connectivity index (χ2n) is 6.53. The predicted molar refractivity (Wildman–Crippen MR) is 66.1 cm³/mol. The normalized spacial score (nSPS) is 14.4. The van der Waals surface area contributed by atoms with Gasteiger partial charge in [-0.1, -0.05) is 20.8 Å². The Labute approximate surface area is 99.0 Å². The minimum absolute atomic E-state index is 0.0531. The third-order valence-electron chi connectivity index (χ3n) is 2.44. The summed E-state index contributed by atoms with van der Waals surface area (Å²) in [5, 5.41) is 2.89. The second kappa shape index (κ2) is 4.98. The van der Waals surface area contributed by atoms with Crippen molar-refractivity contribution in [3.8, 4) is 0 Å². The summed E-state index contributed by atoms with van der Waals surface area (Å²) in [6.07, 6.45) is 0.274. The van der Waals surface area contributed by atoms with Crippen molar-refractivity contribution in [2.24, 2.45) is 11.3 Å². The van der Waals surface area contributed by atoms with E-state index in [1.54, 1.807) is 6.92 Å². The second-order valence-corrected chi connectivity index (χ2v) is 6.53. The Kier molecular flexibility index (Phi) is 4.71. The van der Waals surface area contributed by atoms with Crippen LogP contribution in [0.3, 0.4) is 0 Å². The zero-order valence-electron chi connectivity index (χ0n) is 11.6. The Morgan fingerprint density at radius 3 is 1.75 bits per heavy atom. The summed E-state index contributed by atoms with van der Waals surface area (Å²) in [7, 11) is 0. The number of carbonyl (C=O) groups excluding carboxylic acids is 2. The van der Waals surface area contributed by atoms with Gasteiger partial charge in [0, 0.05) is 17.9 Å². The van der Waals surface area contributed by atoms with Crippen LogP contribution in [-0.2, 0) is 9.59 Å². The van der Waals surface area contributed by atoms with Crippen LogP contribution < -0.4 is 5.32 Å². The average molecular weight is 227 g/mol. The number of hydrogen-bond donors (Lipinski definition) is 1. The number of rotatable bonds is 3. The summed E-state index contributed by atoms with van der Waals surface area (Å²) in [6, 6.07) is 0. The molecular weight excluding hydrogens is 202 g/mol. The van der Waals surface area contributed by atoms with Gasteiger partial charge in [-0.05, 0) is 33.1 Å². The first-order chi connectivity index (χ1) is 6.93. The van der Waals surface area contributed by atoms with E-state index in [0.717, 1.165) is 0 Å². The maximum atomic E-state index is 11.8. The van der Waals surface area contributed by atoms with Crippen LogP contribution in [0.4, 0.5) is 0 Å². The van der Waals surface area contributed by atoms with Gasteiger partial charge in [0.1, 0.15) is 5.78 Å². The average Bonchev–Trinajstić information content (AvgIpc) is 1.93. The molecule has 0 aromatic rings. The van der Waals surface area contributed by atoms with Crippen molar-refractivity contribution in [2.45, 2.75) is 60.4 Å². The monoisotopic (exact) mass is 227 g/mol. The zero-order chi connectivity index (χ0) is 13.1. The van der Waals surface area contributed by atoms with Gasteiger partial charge in [-0.3, -0.25) is 9.59 Å². The lowest BCUT2D eigenvalue weighted by atomic mass is 9.76. The van der Waals surface area contributed by atoms with Gasteiger partial charge in [0.05, 0.1) is 0 Å². The molecule has 0 heterocycles. The number of ketones is 1. The van der Waals surface area contributed by atoms with Crippen LogP contribution in [0, 0.1) is 11.3 Å². The summed E-state index contributed by atoms with van der Waals surface area (Å²) in [5.41, 5.74) is -0.405. The van der Waals surface area contributed by atoms with Gasteiger partial charge in [-0.2, -0.15) is 0 Å². The molecule has 0 aliphatic carbocycles. The molecule has 0 saturated heterocycles. The molecule has 0 radical (unpaired) electrons. The van der Waals surface area contributed by atoms with Crippen molar-refractivity contribution in [2.75, 3.05) is 0 Å². The Morgan fingerprint density at radius 2 is 1.50 bits per heavy atom. The van der Waals surface area contributed by atoms with Gasteiger partial charge >= 0.3 is 0 Å². The van der Waals surface area contributed by atoms with Gasteiger partial charge in [-0.25, -0.2) is 0 Å². The van der Waals surface area contributed by atoms with E-state index in [4.69, 9.17) is 0 Å². The number of carbonyl (C=O) groups is 2. The molecule has 0 rings (SSSR count). The van der Waals surface area contributed by atoms with Crippen molar-refractivity contribution in [1.82, 2.24) is 5.32 Å². The summed E-state index contributed by atoms with van der Waals surface area (Å²) >= 11 is 0. The molecular formula is C13H25NO2. The molecule has 0 aliphatic heterocycles. The first-order valence-corrected chi connectivity index (χ1v) is 5.75. The molecule has 0 fully saturated rings. The lowest BCUT2D eigenvalue weighted by Crippen LogP contribution is -2.43. The molecule has 1 amide bonds. The number of nitrogens with one attached hydrogen (secondary N) is 1. The van der Waals surface area contributed by atoms with Crippen LogP contribution in [0.15, 0.2) is 0 Å². The minimum atomic E-state index is -0.240. The molecule has 1 unspecified atom stereocenters. The number of hydrogen-bond acceptors (Lipinski definition) is 2. The highest BCUT2D eigenvalue weighted by molar-refractivity contribution is 5.86. The summed E-state index contributed by atoms with van der Waals surface area (Å²) in [6.45, 7) is 13.3. The predicted octanol–water partition coefficient (Wildman–Crippen LogP) is 2.54. The fraction of sp³-hybridized carbons (Fsp3) is 0.846. The van der Waals surface area contributed by atoms with Gasteiger partial charge < -0.3 is 5.32 Å². The van der Waals surface area contributed by atoms with Crippen molar-refractivity contribution < 1.29 is 9.59 Å². The van der Waals surface area contributed by atoms with E-state index in [1.165, 1.54) is 0 Å². The van der Waals surface area contributed by atoms with Crippen LogP contribution >= 0.6 is 0 Å². The lowest BCUT2D eigenvalue weighted by molar-refractivity contribution is -0.131. The van der Waals surface area contributed by atoms with Crippen LogP contribution in [0.25, 0.3) is 0 Å². The molecule has 1 atom stereocenters. The maximum absolute atomic E-state index is 11.8. The van der Waals surface area contributed by atoms with Gasteiger partial charge in [-0.15, -0.1) is 0 Å². The molecule has 94 valence electrons. The van der Waals surface area contributed by atoms with Crippen molar-refractivity contribution in [3.63, 3.8) is 0 Å². The highest BCUT2D eigenvalue weighted by atomic mass is 16.2. The van der Waals surface area contributed by atoms with E-state index in [-0.39, 0.29) is 35.0 Å². The standard InChI is InChI=1S/C13H25NO2/c1-9(15)10(12(2,3)4)8-11(16)14-13(5,6)7/h10H,8H2,1-7H3,(H,14,16). The van der Waals surface area contributed by atoms with E-state index in [0.29, 0.717) is 0 Å². The van der Waals surface area contributed by atoms with E-state index < -0.39 is 0 Å². The van der Waals surface area contributed by atoms with Crippen molar-refractivity contribution in [1.29, 1.82) is 0 Å². The van der Waals surface area contributed by atoms with Crippen LogP contribution in [-0.4, -0.2) is 17.2 Å². The fourth-order valence-electron chi connectivity index (χ4n) is 1.71. The summed E-state index contributed by atoms with van der Waals surface area (Å²) in [4.78, 5) is 23.3. The fourth-order valence-corrected chi connectivity index (χ4v) is 1.71. The van der Waals surface area contributed by atoms with Crippen LogP contribution in [0.1, 0.15) is 54.9 Å². The quantitative estimate of drug-likeness (QED) is 0.805. The first kappa shape index (κ1) is 15.1. The molecule has 3 nitrogen and oxygen atoms in total. The highest BCUT2D eigenvalue weighted by Crippen LogP contribution is 2.29. The van der Waals surface area contributed by atoms with Crippen molar-refractivity contribution in [3.05, 3.63) is 0 Å². The molecule has 1 N–H and O–H groups in total. The van der Waals surface area contributed by atoms with E-state index in [1.807, 2.05) is 41.5 Å². The smallest absolute Gasteiger partial charge is 0.221 e. The summed E-state index contributed by atoms with van der Waals surface area (Å²) in [5.74, 6) is -0.186. The first-order valence-electron chi connectivity index (χ1n) is 5.75. The summed E-state index contributed by atoms with van der Waals surface area (Å²) < 4.78 is 0. The van der Waals surface area contributed by atoms with Crippen molar-refractivity contribution >= 4 is 11.7 Å². The Hall–Kier alpha value is -0.860. The molecule has 0 aromatic heterocycles. The third kappa shape index (κ3) is 5.89. The van der Waals surface area contributed by atoms with Gasteiger partial charge in [0.2, 0.25) is 5.91 Å². The molecule has 0 saturated carbocycles. The third-order valence-corrected chi connectivity index (χ3v) is 2.44. The number of amides is 1. The molecule has 16 heavy (non-hydrogen) atoms. The molecule has 3 heteroatoms.